The summed E-state index contributed by atoms with van der Waals surface area (Å²) in [6, 6.07) is 16.3. The Hall–Kier alpha value is -2.39. The molecule has 1 aliphatic rings. The van der Waals surface area contributed by atoms with Gasteiger partial charge in [-0.3, -0.25) is 9.69 Å². The summed E-state index contributed by atoms with van der Waals surface area (Å²) in [5.41, 5.74) is 2.70. The number of thiophene rings is 1. The second-order valence-corrected chi connectivity index (χ2v) is 9.82. The molecule has 180 valence electrons. The summed E-state index contributed by atoms with van der Waals surface area (Å²) in [7, 11) is 0. The first-order valence-corrected chi connectivity index (χ1v) is 12.6. The van der Waals surface area contributed by atoms with Crippen molar-refractivity contribution in [1.29, 1.82) is 0 Å². The summed E-state index contributed by atoms with van der Waals surface area (Å²) in [5.74, 6) is -0.757. The number of benzene rings is 2. The van der Waals surface area contributed by atoms with Gasteiger partial charge in [0.25, 0.3) is 0 Å². The van der Waals surface area contributed by atoms with E-state index in [-0.39, 0.29) is 36.5 Å². The van der Waals surface area contributed by atoms with Gasteiger partial charge in [0, 0.05) is 29.4 Å². The van der Waals surface area contributed by atoms with E-state index in [0.717, 1.165) is 41.4 Å². The molecule has 0 spiro atoms. The van der Waals surface area contributed by atoms with Crippen LogP contribution < -0.4 is 5.32 Å². The third kappa shape index (κ3) is 6.60. The van der Waals surface area contributed by atoms with E-state index in [0.29, 0.717) is 10.6 Å². The Morgan fingerprint density at radius 1 is 1.15 bits per heavy atom. The number of amides is 1. The molecule has 0 atom stereocenters. The highest BCUT2D eigenvalue weighted by Crippen LogP contribution is 2.38. The van der Waals surface area contributed by atoms with Crippen molar-refractivity contribution in [2.75, 3.05) is 24.2 Å². The summed E-state index contributed by atoms with van der Waals surface area (Å²) in [5, 5.41) is 3.46. The molecule has 0 saturated heterocycles. The molecule has 2 heterocycles. The Kier molecular flexibility index (Phi) is 9.53. The second-order valence-electron chi connectivity index (χ2n) is 7.67. The van der Waals surface area contributed by atoms with Crippen LogP contribution in [0.1, 0.15) is 33.3 Å². The van der Waals surface area contributed by atoms with Crippen LogP contribution in [0.15, 0.2) is 59.5 Å². The van der Waals surface area contributed by atoms with Crippen molar-refractivity contribution < 1.29 is 18.7 Å². The average molecular weight is 521 g/mol. The Morgan fingerprint density at radius 3 is 2.59 bits per heavy atom. The van der Waals surface area contributed by atoms with Crippen LogP contribution in [0, 0.1) is 5.82 Å². The topological polar surface area (TPSA) is 58.6 Å². The number of esters is 1. The maximum Gasteiger partial charge on any atom is 0.341 e. The highest BCUT2D eigenvalue weighted by atomic mass is 35.5. The number of ether oxygens (including phenoxy) is 1. The number of halogens is 2. The van der Waals surface area contributed by atoms with Crippen molar-refractivity contribution in [1.82, 2.24) is 4.90 Å². The molecule has 0 fully saturated rings. The van der Waals surface area contributed by atoms with Gasteiger partial charge >= 0.3 is 5.97 Å². The summed E-state index contributed by atoms with van der Waals surface area (Å²) in [6.07, 6.45) is 0.729. The lowest BCUT2D eigenvalue weighted by Crippen LogP contribution is -2.30. The number of hydrogen-bond donors (Lipinski definition) is 1. The molecule has 0 bridgehead atoms. The van der Waals surface area contributed by atoms with Gasteiger partial charge in [0.05, 0.1) is 17.9 Å². The van der Waals surface area contributed by atoms with Gasteiger partial charge in [-0.05, 0) is 48.7 Å². The maximum atomic E-state index is 13.1. The minimum atomic E-state index is -0.395. The van der Waals surface area contributed by atoms with Crippen LogP contribution in [-0.4, -0.2) is 35.7 Å². The molecule has 1 amide bonds. The normalized spacial score (nSPS) is 13.0. The molecule has 34 heavy (non-hydrogen) atoms. The Balaban J connectivity index is 0.00000324. The number of anilines is 1. The lowest BCUT2D eigenvalue weighted by molar-refractivity contribution is -0.113. The van der Waals surface area contributed by atoms with Crippen LogP contribution >= 0.6 is 35.5 Å². The van der Waals surface area contributed by atoms with Gasteiger partial charge in [-0.15, -0.1) is 35.5 Å². The van der Waals surface area contributed by atoms with Gasteiger partial charge in [0.15, 0.2) is 0 Å². The van der Waals surface area contributed by atoms with Crippen molar-refractivity contribution in [3.05, 3.63) is 82.0 Å². The van der Waals surface area contributed by atoms with E-state index in [9.17, 15) is 14.0 Å². The SMILES string of the molecule is CCOC(=O)c1c(NC(=O)CSc2ccc(F)cc2)sc2c1CCN(Cc1ccccc1)C2.Cl. The van der Waals surface area contributed by atoms with Crippen molar-refractivity contribution in [2.24, 2.45) is 0 Å². The van der Waals surface area contributed by atoms with Crippen LogP contribution in [0.2, 0.25) is 0 Å². The Labute approximate surface area is 213 Å². The van der Waals surface area contributed by atoms with Gasteiger partial charge in [-0.2, -0.15) is 0 Å². The summed E-state index contributed by atoms with van der Waals surface area (Å²) in [4.78, 5) is 29.6. The van der Waals surface area contributed by atoms with E-state index >= 15 is 0 Å². The van der Waals surface area contributed by atoms with Crippen LogP contribution in [-0.2, 0) is 29.0 Å². The monoisotopic (exact) mass is 520 g/mol. The van der Waals surface area contributed by atoms with Crippen LogP contribution in [0.25, 0.3) is 0 Å². The van der Waals surface area contributed by atoms with Crippen LogP contribution in [0.5, 0.6) is 0 Å². The molecule has 9 heteroatoms. The summed E-state index contributed by atoms with van der Waals surface area (Å²) < 4.78 is 18.4. The number of nitrogens with zero attached hydrogens (tertiary/aromatic N) is 1. The first-order chi connectivity index (χ1) is 16.0. The van der Waals surface area contributed by atoms with Crippen molar-refractivity contribution in [2.45, 2.75) is 31.3 Å². The van der Waals surface area contributed by atoms with Gasteiger partial charge in [-0.25, -0.2) is 9.18 Å². The molecule has 0 aliphatic carbocycles. The summed E-state index contributed by atoms with van der Waals surface area (Å²) >= 11 is 2.77. The van der Waals surface area contributed by atoms with Crippen LogP contribution in [0.4, 0.5) is 9.39 Å². The Morgan fingerprint density at radius 2 is 1.88 bits per heavy atom. The molecule has 1 aliphatic heterocycles. The molecule has 0 radical (unpaired) electrons. The fourth-order valence-electron chi connectivity index (χ4n) is 3.78. The minimum Gasteiger partial charge on any atom is -0.462 e. The number of hydrogen-bond acceptors (Lipinski definition) is 6. The van der Waals surface area contributed by atoms with Gasteiger partial charge in [0.2, 0.25) is 5.91 Å². The molecule has 5 nitrogen and oxygen atoms in total. The number of nitrogens with one attached hydrogen (secondary N) is 1. The highest BCUT2D eigenvalue weighted by molar-refractivity contribution is 8.00. The highest BCUT2D eigenvalue weighted by Gasteiger charge is 2.29. The zero-order chi connectivity index (χ0) is 23.2. The van der Waals surface area contributed by atoms with Crippen molar-refractivity contribution in [3.8, 4) is 0 Å². The van der Waals surface area contributed by atoms with Crippen LogP contribution in [0.3, 0.4) is 0 Å². The number of fused-ring (bicyclic) bond motifs is 1. The molecule has 0 saturated carbocycles. The van der Waals surface area contributed by atoms with E-state index < -0.39 is 5.97 Å². The number of carbonyl (C=O) groups excluding carboxylic acids is 2. The third-order valence-corrected chi connectivity index (χ3v) is 7.45. The summed E-state index contributed by atoms with van der Waals surface area (Å²) in [6.45, 7) is 4.44. The lowest BCUT2D eigenvalue weighted by Gasteiger charge is -2.27. The van der Waals surface area contributed by atoms with Crippen molar-refractivity contribution >= 4 is 52.4 Å². The number of thioether (sulfide) groups is 1. The fourth-order valence-corrected chi connectivity index (χ4v) is 5.78. The third-order valence-electron chi connectivity index (χ3n) is 5.30. The Bertz CT molecular complexity index is 1120. The first-order valence-electron chi connectivity index (χ1n) is 10.8. The van der Waals surface area contributed by atoms with Gasteiger partial charge < -0.3 is 10.1 Å². The smallest absolute Gasteiger partial charge is 0.341 e. The zero-order valence-corrected chi connectivity index (χ0v) is 21.2. The minimum absolute atomic E-state index is 0. The molecule has 2 aromatic carbocycles. The second kappa shape index (κ2) is 12.4. The quantitative estimate of drug-likeness (QED) is 0.301. The fraction of sp³-hybridized carbons (Fsp3) is 0.280. The number of carbonyl (C=O) groups is 2. The van der Waals surface area contributed by atoms with E-state index in [1.807, 2.05) is 18.2 Å². The van der Waals surface area contributed by atoms with E-state index in [1.54, 1.807) is 19.1 Å². The predicted molar refractivity (Wildman–Crippen MR) is 138 cm³/mol. The average Bonchev–Trinajstić information content (AvgIpc) is 3.16. The zero-order valence-electron chi connectivity index (χ0n) is 18.7. The predicted octanol–water partition coefficient (Wildman–Crippen LogP) is 5.77. The molecule has 4 rings (SSSR count). The van der Waals surface area contributed by atoms with Crippen molar-refractivity contribution in [3.63, 3.8) is 0 Å². The molecular weight excluding hydrogens is 495 g/mol. The maximum absolute atomic E-state index is 13.1. The van der Waals surface area contributed by atoms with E-state index in [4.69, 9.17) is 4.74 Å². The molecule has 3 aromatic rings. The molecular formula is C25H26ClFN2O3S2. The standard InChI is InChI=1S/C25H25FN2O3S2.ClH/c1-2-31-25(30)23-20-12-13-28(14-17-6-4-3-5-7-17)15-21(20)33-24(23)27-22(29)16-32-19-10-8-18(26)9-11-19;/h3-11H,2,12-16H2,1H3,(H,27,29);1H. The largest absolute Gasteiger partial charge is 0.462 e. The van der Waals surface area contributed by atoms with Gasteiger partial charge in [0.1, 0.15) is 10.8 Å². The molecule has 1 aromatic heterocycles. The number of rotatable bonds is 8. The lowest BCUT2D eigenvalue weighted by atomic mass is 10.0. The van der Waals surface area contributed by atoms with E-state index in [1.165, 1.54) is 40.8 Å². The van der Waals surface area contributed by atoms with Gasteiger partial charge in [-0.1, -0.05) is 30.3 Å². The van der Waals surface area contributed by atoms with E-state index in [2.05, 4.69) is 22.3 Å². The first kappa shape index (κ1) is 26.2. The molecule has 1 N–H and O–H groups in total. The molecule has 0 unspecified atom stereocenters.